The predicted molar refractivity (Wildman–Crippen MR) is 65.6 cm³/mol. The zero-order valence-electron chi connectivity index (χ0n) is 8.71. The van der Waals surface area contributed by atoms with Crippen molar-refractivity contribution in [3.63, 3.8) is 0 Å². The molecular weight excluding hydrogens is 236 g/mol. The van der Waals surface area contributed by atoms with Crippen LogP contribution in [0.1, 0.15) is 0 Å². The van der Waals surface area contributed by atoms with Crippen molar-refractivity contribution >= 4 is 22.6 Å². The predicted octanol–water partition coefficient (Wildman–Crippen LogP) is 2.74. The van der Waals surface area contributed by atoms with Crippen LogP contribution in [0, 0.1) is 0 Å². The van der Waals surface area contributed by atoms with E-state index >= 15 is 0 Å². The second kappa shape index (κ2) is 4.07. The Balaban J connectivity index is 2.17. The first-order valence-corrected chi connectivity index (χ1v) is 5.38. The van der Waals surface area contributed by atoms with E-state index < -0.39 is 0 Å². The van der Waals surface area contributed by atoms with E-state index in [9.17, 15) is 0 Å². The fourth-order valence-electron chi connectivity index (χ4n) is 1.55. The fourth-order valence-corrected chi connectivity index (χ4v) is 1.72. The highest BCUT2D eigenvalue weighted by molar-refractivity contribution is 6.31. The van der Waals surface area contributed by atoms with Crippen LogP contribution in [0.15, 0.2) is 43.1 Å². The zero-order chi connectivity index (χ0) is 11.7. The summed E-state index contributed by atoms with van der Waals surface area (Å²) >= 11 is 5.89. The molecule has 0 bridgehead atoms. The van der Waals surface area contributed by atoms with Gasteiger partial charge in [0.1, 0.15) is 6.33 Å². The van der Waals surface area contributed by atoms with Crippen LogP contribution in [0.4, 0.5) is 0 Å². The number of aromatic nitrogens is 4. The molecule has 0 N–H and O–H groups in total. The minimum absolute atomic E-state index is 0.655. The van der Waals surface area contributed by atoms with Gasteiger partial charge in [-0.05, 0) is 18.2 Å². The molecule has 0 radical (unpaired) electrons. The van der Waals surface area contributed by atoms with Crippen molar-refractivity contribution in [3.8, 4) is 11.3 Å². The Labute approximate surface area is 102 Å². The molecule has 2 aromatic heterocycles. The number of hydrogen-bond donors (Lipinski definition) is 0. The van der Waals surface area contributed by atoms with E-state index in [1.54, 1.807) is 30.7 Å². The summed E-state index contributed by atoms with van der Waals surface area (Å²) in [5.74, 6) is 0. The van der Waals surface area contributed by atoms with Crippen LogP contribution in [0.5, 0.6) is 0 Å². The molecule has 1 aromatic carbocycles. The standard InChI is InChI=1S/C12H7ClN4/c13-9-1-2-10-11(3-9)16-6-12(17-10)8-4-14-7-15-5-8/h1-7H. The number of benzene rings is 1. The van der Waals surface area contributed by atoms with Gasteiger partial charge < -0.3 is 0 Å². The van der Waals surface area contributed by atoms with Crippen molar-refractivity contribution in [1.82, 2.24) is 19.9 Å². The first kappa shape index (κ1) is 10.1. The average molecular weight is 243 g/mol. The molecule has 0 saturated carbocycles. The Bertz CT molecular complexity index is 670. The van der Waals surface area contributed by atoms with Crippen molar-refractivity contribution in [2.45, 2.75) is 0 Å². The van der Waals surface area contributed by atoms with Gasteiger partial charge in [0.05, 0.1) is 22.9 Å². The van der Waals surface area contributed by atoms with Gasteiger partial charge in [0.25, 0.3) is 0 Å². The van der Waals surface area contributed by atoms with E-state index in [4.69, 9.17) is 11.6 Å². The molecule has 3 aromatic rings. The molecule has 0 saturated heterocycles. The van der Waals surface area contributed by atoms with Crippen LogP contribution >= 0.6 is 11.6 Å². The molecule has 0 spiro atoms. The number of rotatable bonds is 1. The van der Waals surface area contributed by atoms with Gasteiger partial charge in [-0.3, -0.25) is 4.98 Å². The molecule has 0 fully saturated rings. The fraction of sp³-hybridized carbons (Fsp3) is 0. The molecule has 4 nitrogen and oxygen atoms in total. The van der Waals surface area contributed by atoms with E-state index in [2.05, 4.69) is 19.9 Å². The maximum atomic E-state index is 5.89. The summed E-state index contributed by atoms with van der Waals surface area (Å²) in [6.07, 6.45) is 6.59. The maximum absolute atomic E-state index is 5.89. The third-order valence-electron chi connectivity index (χ3n) is 2.36. The van der Waals surface area contributed by atoms with Gasteiger partial charge >= 0.3 is 0 Å². The smallest absolute Gasteiger partial charge is 0.115 e. The quantitative estimate of drug-likeness (QED) is 0.658. The second-order valence-corrected chi connectivity index (χ2v) is 3.95. The van der Waals surface area contributed by atoms with Crippen LogP contribution in [-0.4, -0.2) is 19.9 Å². The molecule has 17 heavy (non-hydrogen) atoms. The summed E-state index contributed by atoms with van der Waals surface area (Å²) in [6, 6.07) is 5.43. The highest BCUT2D eigenvalue weighted by atomic mass is 35.5. The van der Waals surface area contributed by atoms with Crippen LogP contribution < -0.4 is 0 Å². The molecule has 2 heterocycles. The van der Waals surface area contributed by atoms with Gasteiger partial charge in [0.15, 0.2) is 0 Å². The van der Waals surface area contributed by atoms with Gasteiger partial charge in [0, 0.05) is 23.0 Å². The topological polar surface area (TPSA) is 51.6 Å². The molecule has 0 atom stereocenters. The monoisotopic (exact) mass is 242 g/mol. The van der Waals surface area contributed by atoms with Crippen LogP contribution in [0.2, 0.25) is 5.02 Å². The molecule has 82 valence electrons. The van der Waals surface area contributed by atoms with Crippen LogP contribution in [0.3, 0.4) is 0 Å². The lowest BCUT2D eigenvalue weighted by atomic mass is 10.2. The lowest BCUT2D eigenvalue weighted by molar-refractivity contribution is 1.16. The number of fused-ring (bicyclic) bond motifs is 1. The highest BCUT2D eigenvalue weighted by Crippen LogP contribution is 2.19. The van der Waals surface area contributed by atoms with Gasteiger partial charge in [-0.25, -0.2) is 15.0 Å². The largest absolute Gasteiger partial charge is 0.252 e. The van der Waals surface area contributed by atoms with Crippen molar-refractivity contribution in [2.24, 2.45) is 0 Å². The van der Waals surface area contributed by atoms with E-state index in [0.717, 1.165) is 22.3 Å². The minimum atomic E-state index is 0.655. The van der Waals surface area contributed by atoms with E-state index in [0.29, 0.717) is 5.02 Å². The lowest BCUT2D eigenvalue weighted by Crippen LogP contribution is -1.89. The van der Waals surface area contributed by atoms with Crippen molar-refractivity contribution < 1.29 is 0 Å². The number of hydrogen-bond acceptors (Lipinski definition) is 4. The molecule has 0 aliphatic heterocycles. The molecule has 0 amide bonds. The van der Waals surface area contributed by atoms with Crippen molar-refractivity contribution in [3.05, 3.63) is 48.1 Å². The molecular formula is C12H7ClN4. The highest BCUT2D eigenvalue weighted by Gasteiger charge is 2.03. The van der Waals surface area contributed by atoms with Gasteiger partial charge in [-0.15, -0.1) is 0 Å². The molecule has 3 rings (SSSR count). The summed E-state index contributed by atoms with van der Waals surface area (Å²) in [4.78, 5) is 16.7. The summed E-state index contributed by atoms with van der Waals surface area (Å²) in [6.45, 7) is 0. The first-order chi connectivity index (χ1) is 8.33. The number of nitrogens with zero attached hydrogens (tertiary/aromatic N) is 4. The van der Waals surface area contributed by atoms with Gasteiger partial charge in [0.2, 0.25) is 0 Å². The zero-order valence-corrected chi connectivity index (χ0v) is 9.46. The Hall–Kier alpha value is -2.07. The molecule has 5 heteroatoms. The summed E-state index contributed by atoms with van der Waals surface area (Å²) in [5.41, 5.74) is 3.17. The Morgan fingerprint density at radius 2 is 1.76 bits per heavy atom. The normalized spacial score (nSPS) is 10.6. The average Bonchev–Trinajstić information content (AvgIpc) is 2.39. The maximum Gasteiger partial charge on any atom is 0.115 e. The molecule has 0 aliphatic rings. The Morgan fingerprint density at radius 1 is 0.941 bits per heavy atom. The lowest BCUT2D eigenvalue weighted by Gasteiger charge is -2.01. The summed E-state index contributed by atoms with van der Waals surface area (Å²) in [7, 11) is 0. The number of halogens is 1. The van der Waals surface area contributed by atoms with Crippen molar-refractivity contribution in [2.75, 3.05) is 0 Å². The third kappa shape index (κ3) is 1.94. The molecule has 0 unspecified atom stereocenters. The van der Waals surface area contributed by atoms with Crippen LogP contribution in [-0.2, 0) is 0 Å². The van der Waals surface area contributed by atoms with Gasteiger partial charge in [-0.2, -0.15) is 0 Å². The van der Waals surface area contributed by atoms with E-state index in [1.807, 2.05) is 6.07 Å². The Morgan fingerprint density at radius 3 is 2.59 bits per heavy atom. The van der Waals surface area contributed by atoms with E-state index in [1.165, 1.54) is 6.33 Å². The third-order valence-corrected chi connectivity index (χ3v) is 2.60. The van der Waals surface area contributed by atoms with Gasteiger partial charge in [-0.1, -0.05) is 11.6 Å². The summed E-state index contributed by atoms with van der Waals surface area (Å²) in [5, 5.41) is 0.655. The molecule has 0 aliphatic carbocycles. The SMILES string of the molecule is Clc1ccc2nc(-c3cncnc3)cnc2c1. The summed E-state index contributed by atoms with van der Waals surface area (Å²) < 4.78 is 0. The van der Waals surface area contributed by atoms with Crippen molar-refractivity contribution in [1.29, 1.82) is 0 Å². The van der Waals surface area contributed by atoms with Crippen LogP contribution in [0.25, 0.3) is 22.3 Å². The Kier molecular flexibility index (Phi) is 2.42. The van der Waals surface area contributed by atoms with E-state index in [-0.39, 0.29) is 0 Å². The first-order valence-electron chi connectivity index (χ1n) is 5.00. The minimum Gasteiger partial charge on any atom is -0.252 e. The second-order valence-electron chi connectivity index (χ2n) is 3.52.